The van der Waals surface area contributed by atoms with Crippen molar-refractivity contribution in [3.8, 4) is 0 Å². The molecule has 0 radical (unpaired) electrons. The van der Waals surface area contributed by atoms with Crippen molar-refractivity contribution in [1.82, 2.24) is 5.32 Å². The number of rotatable bonds is 61. The molecule has 12 atom stereocenters. The number of hydrogen-bond donors (Lipinski definition) is 9. The van der Waals surface area contributed by atoms with Crippen molar-refractivity contribution < 1.29 is 64.6 Å². The zero-order valence-electron chi connectivity index (χ0n) is 55.3. The number of allylic oxidation sites excluding steroid dienone is 4. The molecule has 508 valence electrons. The van der Waals surface area contributed by atoms with Gasteiger partial charge in [-0.25, -0.2) is 0 Å². The topological polar surface area (TPSA) is 228 Å². The third-order valence-corrected chi connectivity index (χ3v) is 18.2. The van der Waals surface area contributed by atoms with Crippen LogP contribution >= 0.6 is 0 Å². The highest BCUT2D eigenvalue weighted by Crippen LogP contribution is 2.30. The Balaban J connectivity index is 1.65. The zero-order chi connectivity index (χ0) is 62.3. The van der Waals surface area contributed by atoms with Gasteiger partial charge in [0.1, 0.15) is 48.8 Å². The molecule has 2 saturated heterocycles. The van der Waals surface area contributed by atoms with Gasteiger partial charge in [-0.05, 0) is 44.9 Å². The van der Waals surface area contributed by atoms with Gasteiger partial charge in [0.05, 0.1) is 32.0 Å². The van der Waals surface area contributed by atoms with Gasteiger partial charge in [-0.2, -0.15) is 0 Å². The SMILES string of the molecule is CCCCCCC/C=C\C/C=C\CCCCCCCCCCCCCCCC(=O)NC(COC1OC(CO)C(OC2OC(CO)C(O)C(O)C2O)C(O)C1O)C(O)CCCCCCCCCCCCCCCCCCCCCCCCCCCCC. The number of carbonyl (C=O) groups is 1. The molecule has 0 aromatic heterocycles. The lowest BCUT2D eigenvalue weighted by atomic mass is 9.97. The fourth-order valence-corrected chi connectivity index (χ4v) is 12.3. The average molecular weight is 1220 g/mol. The van der Waals surface area contributed by atoms with Gasteiger partial charge in [0.15, 0.2) is 12.6 Å². The largest absolute Gasteiger partial charge is 0.394 e. The monoisotopic (exact) mass is 1220 g/mol. The summed E-state index contributed by atoms with van der Waals surface area (Å²) in [6.45, 7) is 2.91. The Hall–Kier alpha value is -1.53. The fraction of sp³-hybridized carbons (Fsp3) is 0.931. The first-order chi connectivity index (χ1) is 42.1. The van der Waals surface area contributed by atoms with Crippen molar-refractivity contribution in [2.45, 2.75) is 408 Å². The lowest BCUT2D eigenvalue weighted by Gasteiger charge is -2.46. The maximum Gasteiger partial charge on any atom is 0.220 e. The van der Waals surface area contributed by atoms with E-state index in [2.05, 4.69) is 43.5 Å². The molecule has 0 bridgehead atoms. The first kappa shape index (κ1) is 80.6. The summed E-state index contributed by atoms with van der Waals surface area (Å²) in [6.07, 6.45) is 54.8. The number of unbranched alkanes of at least 4 members (excludes halogenated alkanes) is 44. The summed E-state index contributed by atoms with van der Waals surface area (Å²) in [4.78, 5) is 13.4. The van der Waals surface area contributed by atoms with Crippen LogP contribution < -0.4 is 5.32 Å². The van der Waals surface area contributed by atoms with E-state index in [0.717, 1.165) is 57.8 Å². The molecule has 14 heteroatoms. The number of carbonyl (C=O) groups excluding carboxylic acids is 1. The van der Waals surface area contributed by atoms with E-state index in [9.17, 15) is 45.6 Å². The third kappa shape index (κ3) is 41.1. The Morgan fingerprint density at radius 3 is 1.16 bits per heavy atom. The van der Waals surface area contributed by atoms with E-state index in [1.165, 1.54) is 250 Å². The fourth-order valence-electron chi connectivity index (χ4n) is 12.3. The molecule has 2 rings (SSSR count). The van der Waals surface area contributed by atoms with Crippen LogP contribution in [0, 0.1) is 0 Å². The van der Waals surface area contributed by atoms with Crippen LogP contribution in [0.15, 0.2) is 24.3 Å². The molecular formula is C72H137NO13. The van der Waals surface area contributed by atoms with Gasteiger partial charge < -0.3 is 65.1 Å². The molecule has 86 heavy (non-hydrogen) atoms. The van der Waals surface area contributed by atoms with Crippen molar-refractivity contribution in [2.75, 3.05) is 19.8 Å². The zero-order valence-corrected chi connectivity index (χ0v) is 55.3. The molecule has 0 aliphatic carbocycles. The van der Waals surface area contributed by atoms with Crippen molar-refractivity contribution in [2.24, 2.45) is 0 Å². The van der Waals surface area contributed by atoms with Crippen LogP contribution in [0.1, 0.15) is 335 Å². The summed E-state index contributed by atoms with van der Waals surface area (Å²) in [6, 6.07) is -0.829. The predicted octanol–water partition coefficient (Wildman–Crippen LogP) is 15.1. The van der Waals surface area contributed by atoms with Gasteiger partial charge in [0.25, 0.3) is 0 Å². The Morgan fingerprint density at radius 2 is 0.767 bits per heavy atom. The van der Waals surface area contributed by atoms with Crippen LogP contribution in [0.25, 0.3) is 0 Å². The maximum atomic E-state index is 13.4. The summed E-state index contributed by atoms with van der Waals surface area (Å²) < 4.78 is 22.9. The number of nitrogens with one attached hydrogen (secondary N) is 1. The molecule has 0 aromatic carbocycles. The normalized spacial score (nSPS) is 23.5. The molecule has 2 fully saturated rings. The molecule has 12 unspecified atom stereocenters. The van der Waals surface area contributed by atoms with E-state index >= 15 is 0 Å². The molecule has 0 spiro atoms. The third-order valence-electron chi connectivity index (χ3n) is 18.2. The van der Waals surface area contributed by atoms with E-state index in [1.54, 1.807) is 0 Å². The molecule has 2 heterocycles. The highest BCUT2D eigenvalue weighted by atomic mass is 16.7. The van der Waals surface area contributed by atoms with Crippen LogP contribution in [-0.2, 0) is 23.7 Å². The number of aliphatic hydroxyl groups is 8. The van der Waals surface area contributed by atoms with E-state index in [1.807, 2.05) is 0 Å². The summed E-state index contributed by atoms with van der Waals surface area (Å²) in [5.41, 5.74) is 0. The van der Waals surface area contributed by atoms with Gasteiger partial charge in [-0.3, -0.25) is 4.79 Å². The summed E-state index contributed by atoms with van der Waals surface area (Å²) >= 11 is 0. The second-order valence-electron chi connectivity index (χ2n) is 26.1. The number of amides is 1. The molecule has 9 N–H and O–H groups in total. The standard InChI is InChI=1S/C72H137NO13/c1-3-5-7-9-11-13-15-17-19-21-23-25-27-29-30-32-33-35-37-39-41-43-45-47-49-51-53-55-61(76)60(59-83-71-69(82)67(80)70(63(58-75)85-71)86-72-68(81)66(79)65(78)62(57-74)84-72)73-64(77)56-54-52-50-48-46-44-42-40-38-36-34-31-28-26-24-22-20-18-16-14-12-10-8-6-4-2/h16,18,22,24,60-63,65-72,74-76,78-82H,3-15,17,19-21,23,25-59H2,1-2H3,(H,73,77)/b18-16-,24-22-. The molecule has 0 saturated carbocycles. The molecular weight excluding hydrogens is 1090 g/mol. The second kappa shape index (κ2) is 57.4. The predicted molar refractivity (Wildman–Crippen MR) is 351 cm³/mol. The highest BCUT2D eigenvalue weighted by molar-refractivity contribution is 5.76. The van der Waals surface area contributed by atoms with Crippen LogP contribution in [0.2, 0.25) is 0 Å². The number of aliphatic hydroxyl groups excluding tert-OH is 8. The van der Waals surface area contributed by atoms with Gasteiger partial charge in [0, 0.05) is 6.42 Å². The van der Waals surface area contributed by atoms with Crippen molar-refractivity contribution in [1.29, 1.82) is 0 Å². The smallest absolute Gasteiger partial charge is 0.220 e. The summed E-state index contributed by atoms with van der Waals surface area (Å²) in [5.74, 6) is -0.202. The molecule has 1 amide bonds. The molecule has 0 aromatic rings. The maximum absolute atomic E-state index is 13.4. The Kier molecular flexibility index (Phi) is 53.7. The highest BCUT2D eigenvalue weighted by Gasteiger charge is 2.51. The van der Waals surface area contributed by atoms with Crippen molar-refractivity contribution >= 4 is 5.91 Å². The minimum Gasteiger partial charge on any atom is -0.394 e. The van der Waals surface area contributed by atoms with E-state index in [4.69, 9.17) is 18.9 Å². The lowest BCUT2D eigenvalue weighted by molar-refractivity contribution is -0.359. The van der Waals surface area contributed by atoms with Gasteiger partial charge in [-0.15, -0.1) is 0 Å². The van der Waals surface area contributed by atoms with Crippen LogP contribution in [0.5, 0.6) is 0 Å². The van der Waals surface area contributed by atoms with Crippen LogP contribution in [0.4, 0.5) is 0 Å². The van der Waals surface area contributed by atoms with E-state index < -0.39 is 86.8 Å². The Labute approximate surface area is 526 Å². The first-order valence-electron chi connectivity index (χ1n) is 36.6. The minimum absolute atomic E-state index is 0.202. The van der Waals surface area contributed by atoms with Crippen LogP contribution in [-0.4, -0.2) is 140 Å². The van der Waals surface area contributed by atoms with Gasteiger partial charge in [0.2, 0.25) is 5.91 Å². The van der Waals surface area contributed by atoms with E-state index in [0.29, 0.717) is 12.8 Å². The first-order valence-corrected chi connectivity index (χ1v) is 36.6. The molecule has 14 nitrogen and oxygen atoms in total. The average Bonchev–Trinajstić information content (AvgIpc) is 2.54. The molecule has 2 aliphatic rings. The van der Waals surface area contributed by atoms with Gasteiger partial charge >= 0.3 is 0 Å². The van der Waals surface area contributed by atoms with Crippen molar-refractivity contribution in [3.05, 3.63) is 24.3 Å². The van der Waals surface area contributed by atoms with Crippen LogP contribution in [0.3, 0.4) is 0 Å². The van der Waals surface area contributed by atoms with Gasteiger partial charge in [-0.1, -0.05) is 308 Å². The lowest BCUT2D eigenvalue weighted by Crippen LogP contribution is -2.65. The Morgan fingerprint density at radius 1 is 0.419 bits per heavy atom. The van der Waals surface area contributed by atoms with Crippen molar-refractivity contribution in [3.63, 3.8) is 0 Å². The summed E-state index contributed by atoms with van der Waals surface area (Å²) in [5, 5.41) is 87.7. The number of ether oxygens (including phenoxy) is 4. The summed E-state index contributed by atoms with van der Waals surface area (Å²) in [7, 11) is 0. The Bertz CT molecular complexity index is 1540. The quantitative estimate of drug-likeness (QED) is 0.0204. The second-order valence-corrected chi connectivity index (χ2v) is 26.1. The number of hydrogen-bond acceptors (Lipinski definition) is 13. The molecule has 2 aliphatic heterocycles. The minimum atomic E-state index is -1.78. The van der Waals surface area contributed by atoms with E-state index in [-0.39, 0.29) is 12.5 Å².